The second-order valence-corrected chi connectivity index (χ2v) is 8.54. The third-order valence-corrected chi connectivity index (χ3v) is 6.40. The highest BCUT2D eigenvalue weighted by Gasteiger charge is 2.49. The van der Waals surface area contributed by atoms with Gasteiger partial charge in [0.05, 0.1) is 24.8 Å². The molecule has 0 bridgehead atoms. The van der Waals surface area contributed by atoms with Crippen molar-refractivity contribution in [2.24, 2.45) is 5.16 Å². The number of imidazole rings is 1. The Labute approximate surface area is 193 Å². The maximum Gasteiger partial charge on any atom is 0.260 e. The molecule has 33 heavy (non-hydrogen) atoms. The Bertz CT molecular complexity index is 1250. The van der Waals surface area contributed by atoms with Crippen LogP contribution in [-0.2, 0) is 10.6 Å². The minimum absolute atomic E-state index is 0.176. The van der Waals surface area contributed by atoms with Crippen molar-refractivity contribution < 1.29 is 14.7 Å². The van der Waals surface area contributed by atoms with E-state index in [2.05, 4.69) is 27.2 Å². The molecule has 7 heteroatoms. The number of fused-ring (bicyclic) bond motifs is 1. The van der Waals surface area contributed by atoms with Gasteiger partial charge in [0.1, 0.15) is 12.4 Å². The Kier molecular flexibility index (Phi) is 5.42. The van der Waals surface area contributed by atoms with Gasteiger partial charge in [-0.05, 0) is 61.6 Å². The van der Waals surface area contributed by atoms with E-state index in [1.54, 1.807) is 13.4 Å². The predicted octanol–water partition coefficient (Wildman–Crippen LogP) is 4.17. The van der Waals surface area contributed by atoms with Crippen LogP contribution in [0.3, 0.4) is 0 Å². The highest BCUT2D eigenvalue weighted by molar-refractivity contribution is 6.03. The highest BCUT2D eigenvalue weighted by Crippen LogP contribution is 2.41. The first-order valence-corrected chi connectivity index (χ1v) is 11.2. The molecule has 1 atom stereocenters. The van der Waals surface area contributed by atoms with Crippen LogP contribution in [0, 0.1) is 13.8 Å². The average molecular weight is 445 g/mol. The SMILES string of the molecule is COc1cc(C=C2CCCN3C2=NOC3(CO)c2ccccc2C)ccc1-n1cnc(C)c1. The van der Waals surface area contributed by atoms with Gasteiger partial charge in [0.2, 0.25) is 0 Å². The van der Waals surface area contributed by atoms with E-state index in [0.717, 1.165) is 64.6 Å². The average Bonchev–Trinajstić information content (AvgIpc) is 3.44. The molecular formula is C26H28N4O3. The molecule has 1 N–H and O–H groups in total. The number of rotatable bonds is 5. The Balaban J connectivity index is 1.49. The lowest BCUT2D eigenvalue weighted by Gasteiger charge is -2.39. The fourth-order valence-corrected chi connectivity index (χ4v) is 4.74. The van der Waals surface area contributed by atoms with Gasteiger partial charge in [-0.2, -0.15) is 0 Å². The Morgan fingerprint density at radius 3 is 2.79 bits per heavy atom. The van der Waals surface area contributed by atoms with E-state index in [4.69, 9.17) is 9.57 Å². The van der Waals surface area contributed by atoms with Gasteiger partial charge in [-0.15, -0.1) is 0 Å². The van der Waals surface area contributed by atoms with Gasteiger partial charge < -0.3 is 24.1 Å². The maximum absolute atomic E-state index is 10.4. The van der Waals surface area contributed by atoms with E-state index >= 15 is 0 Å². The van der Waals surface area contributed by atoms with Crippen molar-refractivity contribution in [1.82, 2.24) is 14.5 Å². The first-order valence-electron chi connectivity index (χ1n) is 11.2. The Hall–Kier alpha value is -3.58. The number of piperidine rings is 1. The standard InChI is InChI=1S/C26H28N4O3/c1-18-7-4-5-9-22(18)26(16-31)30-12-6-8-21(25(30)28-33-26)13-20-10-11-23(24(14-20)32-3)29-15-19(2)27-17-29/h4-5,7,9-11,13-15,17,31H,6,8,12,16H2,1-3H3. The van der Waals surface area contributed by atoms with Crippen molar-refractivity contribution in [3.8, 4) is 11.4 Å². The number of benzene rings is 2. The van der Waals surface area contributed by atoms with Crippen LogP contribution < -0.4 is 4.74 Å². The number of nitrogens with zero attached hydrogens (tertiary/aromatic N) is 4. The van der Waals surface area contributed by atoms with E-state index < -0.39 is 5.72 Å². The van der Waals surface area contributed by atoms with Crippen molar-refractivity contribution in [3.63, 3.8) is 0 Å². The summed E-state index contributed by atoms with van der Waals surface area (Å²) in [5.41, 5.74) is 5.00. The number of aromatic nitrogens is 2. The molecule has 5 rings (SSSR count). The van der Waals surface area contributed by atoms with Crippen molar-refractivity contribution in [2.45, 2.75) is 32.4 Å². The van der Waals surface area contributed by atoms with Crippen LogP contribution in [0.5, 0.6) is 5.75 Å². The quantitative estimate of drug-likeness (QED) is 0.640. The second kappa shape index (κ2) is 8.41. The predicted molar refractivity (Wildman–Crippen MR) is 127 cm³/mol. The molecule has 1 fully saturated rings. The summed E-state index contributed by atoms with van der Waals surface area (Å²) in [5, 5.41) is 14.9. The molecule has 7 nitrogen and oxygen atoms in total. The summed E-state index contributed by atoms with van der Waals surface area (Å²) in [4.78, 5) is 12.4. The third-order valence-electron chi connectivity index (χ3n) is 6.40. The third kappa shape index (κ3) is 3.58. The van der Waals surface area contributed by atoms with Crippen LogP contribution >= 0.6 is 0 Å². The molecule has 0 saturated carbocycles. The molecule has 3 aromatic rings. The minimum Gasteiger partial charge on any atom is -0.495 e. The second-order valence-electron chi connectivity index (χ2n) is 8.54. The summed E-state index contributed by atoms with van der Waals surface area (Å²) in [6.07, 6.45) is 7.73. The van der Waals surface area contributed by atoms with Gasteiger partial charge in [-0.25, -0.2) is 4.98 Å². The zero-order valence-electron chi connectivity index (χ0n) is 19.2. The maximum atomic E-state index is 10.4. The Morgan fingerprint density at radius 2 is 2.06 bits per heavy atom. The first-order chi connectivity index (χ1) is 16.1. The zero-order valence-corrected chi connectivity index (χ0v) is 19.2. The summed E-state index contributed by atoms with van der Waals surface area (Å²) >= 11 is 0. The molecule has 1 aromatic heterocycles. The smallest absolute Gasteiger partial charge is 0.260 e. The van der Waals surface area contributed by atoms with Crippen molar-refractivity contribution in [3.05, 3.63) is 82.9 Å². The van der Waals surface area contributed by atoms with Crippen LogP contribution in [0.4, 0.5) is 0 Å². The van der Waals surface area contributed by atoms with Crippen LogP contribution in [-0.4, -0.2) is 45.7 Å². The van der Waals surface area contributed by atoms with Crippen molar-refractivity contribution >= 4 is 11.9 Å². The lowest BCUT2D eigenvalue weighted by atomic mass is 9.92. The summed E-state index contributed by atoms with van der Waals surface area (Å²) in [5.74, 6) is 1.55. The van der Waals surface area contributed by atoms with E-state index in [0.29, 0.717) is 0 Å². The van der Waals surface area contributed by atoms with Crippen LogP contribution in [0.15, 0.2) is 65.7 Å². The lowest BCUT2D eigenvalue weighted by Crippen LogP contribution is -2.51. The Morgan fingerprint density at radius 1 is 1.21 bits per heavy atom. The van der Waals surface area contributed by atoms with Gasteiger partial charge in [0.15, 0.2) is 5.84 Å². The molecule has 2 aliphatic rings. The summed E-state index contributed by atoms with van der Waals surface area (Å²) in [7, 11) is 1.68. The largest absolute Gasteiger partial charge is 0.495 e. The van der Waals surface area contributed by atoms with E-state index in [1.807, 2.05) is 61.0 Å². The van der Waals surface area contributed by atoms with Gasteiger partial charge in [-0.3, -0.25) is 0 Å². The molecule has 2 aliphatic heterocycles. The van der Waals surface area contributed by atoms with Crippen molar-refractivity contribution in [1.29, 1.82) is 0 Å². The number of aryl methyl sites for hydroxylation is 2. The number of oxime groups is 1. The highest BCUT2D eigenvalue weighted by atomic mass is 16.7. The number of aliphatic hydroxyl groups is 1. The van der Waals surface area contributed by atoms with E-state index in [-0.39, 0.29) is 6.61 Å². The summed E-state index contributed by atoms with van der Waals surface area (Å²) < 4.78 is 7.63. The summed E-state index contributed by atoms with van der Waals surface area (Å²) in [6.45, 7) is 4.59. The van der Waals surface area contributed by atoms with Gasteiger partial charge >= 0.3 is 0 Å². The topological polar surface area (TPSA) is 72.1 Å². The van der Waals surface area contributed by atoms with Gasteiger partial charge in [0.25, 0.3) is 5.72 Å². The number of ether oxygens (including phenoxy) is 1. The normalized spacial score (nSPS) is 21.0. The van der Waals surface area contributed by atoms with Crippen LogP contribution in [0.25, 0.3) is 11.8 Å². The molecule has 1 saturated heterocycles. The number of amidine groups is 1. The molecule has 0 aliphatic carbocycles. The van der Waals surface area contributed by atoms with Crippen LogP contribution in [0.2, 0.25) is 0 Å². The zero-order chi connectivity index (χ0) is 23.0. The molecule has 3 heterocycles. The fourth-order valence-electron chi connectivity index (χ4n) is 4.74. The molecule has 1 unspecified atom stereocenters. The molecule has 0 amide bonds. The van der Waals surface area contributed by atoms with Gasteiger partial charge in [0, 0.05) is 18.3 Å². The van der Waals surface area contributed by atoms with E-state index in [9.17, 15) is 5.11 Å². The monoisotopic (exact) mass is 444 g/mol. The lowest BCUT2D eigenvalue weighted by molar-refractivity contribution is -0.137. The number of hydrogen-bond acceptors (Lipinski definition) is 6. The number of hydrogen-bond donors (Lipinski definition) is 1. The number of aliphatic hydroxyl groups excluding tert-OH is 1. The minimum atomic E-state index is -0.985. The molecular weight excluding hydrogens is 416 g/mol. The fraction of sp³-hybridized carbons (Fsp3) is 0.308. The molecule has 170 valence electrons. The molecule has 0 radical (unpaired) electrons. The van der Waals surface area contributed by atoms with E-state index in [1.165, 1.54) is 0 Å². The molecule has 2 aromatic carbocycles. The van der Waals surface area contributed by atoms with Crippen molar-refractivity contribution in [2.75, 3.05) is 20.3 Å². The first kappa shape index (κ1) is 21.3. The number of methoxy groups -OCH3 is 1. The summed E-state index contributed by atoms with van der Waals surface area (Å²) in [6, 6.07) is 14.1. The van der Waals surface area contributed by atoms with Crippen LogP contribution in [0.1, 0.15) is 35.2 Å². The van der Waals surface area contributed by atoms with Gasteiger partial charge in [-0.1, -0.05) is 35.5 Å². The molecule has 0 spiro atoms.